The van der Waals surface area contributed by atoms with Crippen molar-refractivity contribution in [2.24, 2.45) is 0 Å². The zero-order valence-corrected chi connectivity index (χ0v) is 17.5. The number of carbonyl (C=O) groups is 1. The molecule has 156 valence electrons. The summed E-state index contributed by atoms with van der Waals surface area (Å²) < 4.78 is 43.2. The summed E-state index contributed by atoms with van der Waals surface area (Å²) in [4.78, 5) is 16.4. The van der Waals surface area contributed by atoms with Gasteiger partial charge in [-0.3, -0.25) is 4.72 Å². The summed E-state index contributed by atoms with van der Waals surface area (Å²) in [5, 5.41) is 5.04. The zero-order valence-electron chi connectivity index (χ0n) is 15.9. The fourth-order valence-corrected chi connectivity index (χ4v) is 4.83. The third-order valence-electron chi connectivity index (χ3n) is 4.41. The molecule has 0 fully saturated rings. The molecule has 3 aromatic rings. The van der Waals surface area contributed by atoms with Crippen LogP contribution in [-0.4, -0.2) is 33.6 Å². The highest BCUT2D eigenvalue weighted by Crippen LogP contribution is 2.42. The third-order valence-corrected chi connectivity index (χ3v) is 6.58. The molecule has 11 heteroatoms. The molecule has 1 aliphatic rings. The summed E-state index contributed by atoms with van der Waals surface area (Å²) >= 11 is 1.19. The number of methoxy groups -OCH3 is 2. The van der Waals surface area contributed by atoms with E-state index in [4.69, 9.17) is 14.2 Å². The van der Waals surface area contributed by atoms with E-state index in [0.717, 1.165) is 0 Å². The number of cyclic esters (lactones) is 1. The molecule has 1 atom stereocenters. The summed E-state index contributed by atoms with van der Waals surface area (Å²) in [5.41, 5.74) is 1.46. The predicted octanol–water partition coefficient (Wildman–Crippen LogP) is 3.24. The minimum absolute atomic E-state index is 0.0819. The second kappa shape index (κ2) is 7.84. The summed E-state index contributed by atoms with van der Waals surface area (Å²) in [6, 6.07) is 9.48. The van der Waals surface area contributed by atoms with Gasteiger partial charge in [0, 0.05) is 22.8 Å². The molecule has 4 rings (SSSR count). The van der Waals surface area contributed by atoms with Gasteiger partial charge in [-0.2, -0.15) is 0 Å². The normalized spacial score (nSPS) is 15.3. The fraction of sp³-hybridized carbons (Fsp3) is 0.158. The first kappa shape index (κ1) is 20.0. The molecular formula is C19H17N3O6S2. The largest absolute Gasteiger partial charge is 0.493 e. The third kappa shape index (κ3) is 3.64. The molecule has 30 heavy (non-hydrogen) atoms. The first-order chi connectivity index (χ1) is 14.4. The molecule has 0 bridgehead atoms. The van der Waals surface area contributed by atoms with Crippen LogP contribution < -0.4 is 19.5 Å². The minimum Gasteiger partial charge on any atom is -0.493 e. The summed E-state index contributed by atoms with van der Waals surface area (Å²) in [5.74, 6) is 0.195. The van der Waals surface area contributed by atoms with Crippen molar-refractivity contribution in [1.82, 2.24) is 4.98 Å². The van der Waals surface area contributed by atoms with Crippen LogP contribution >= 0.6 is 11.3 Å². The number of aromatic nitrogens is 1. The first-order valence-electron chi connectivity index (χ1n) is 8.67. The van der Waals surface area contributed by atoms with E-state index in [1.54, 1.807) is 29.6 Å². The number of hydrogen-bond acceptors (Lipinski definition) is 9. The van der Waals surface area contributed by atoms with Crippen molar-refractivity contribution in [1.29, 1.82) is 0 Å². The number of rotatable bonds is 7. The number of nitrogens with zero attached hydrogens (tertiary/aromatic N) is 1. The van der Waals surface area contributed by atoms with Crippen LogP contribution in [0.2, 0.25) is 0 Å². The molecule has 1 aromatic heterocycles. The lowest BCUT2D eigenvalue weighted by Crippen LogP contribution is -2.13. The number of anilines is 2. The lowest BCUT2D eigenvalue weighted by atomic mass is 10.1. The van der Waals surface area contributed by atoms with Crippen molar-refractivity contribution in [3.05, 3.63) is 59.1 Å². The number of carbonyl (C=O) groups excluding carboxylic acids is 1. The maximum atomic E-state index is 12.4. The van der Waals surface area contributed by atoms with Crippen LogP contribution in [-0.2, 0) is 14.8 Å². The highest BCUT2D eigenvalue weighted by Gasteiger charge is 2.35. The van der Waals surface area contributed by atoms with Gasteiger partial charge in [0.25, 0.3) is 10.0 Å². The van der Waals surface area contributed by atoms with Crippen molar-refractivity contribution in [3.63, 3.8) is 0 Å². The van der Waals surface area contributed by atoms with Crippen molar-refractivity contribution in [3.8, 4) is 11.5 Å². The Hall–Kier alpha value is -3.31. The predicted molar refractivity (Wildman–Crippen MR) is 111 cm³/mol. The van der Waals surface area contributed by atoms with Gasteiger partial charge in [-0.25, -0.2) is 18.2 Å². The maximum Gasteiger partial charge on any atom is 0.344 e. The van der Waals surface area contributed by atoms with Gasteiger partial charge in [0.2, 0.25) is 6.23 Å². The molecule has 2 heterocycles. The van der Waals surface area contributed by atoms with Crippen LogP contribution in [0, 0.1) is 0 Å². The number of fused-ring (bicyclic) bond motifs is 1. The van der Waals surface area contributed by atoms with Gasteiger partial charge in [-0.15, -0.1) is 11.3 Å². The van der Waals surface area contributed by atoms with E-state index >= 15 is 0 Å². The van der Waals surface area contributed by atoms with Gasteiger partial charge in [0.05, 0.1) is 19.1 Å². The number of esters is 1. The van der Waals surface area contributed by atoms with Gasteiger partial charge in [-0.1, -0.05) is 0 Å². The first-order valence-corrected chi connectivity index (χ1v) is 11.0. The molecule has 2 aromatic carbocycles. The Labute approximate surface area is 176 Å². The second-order valence-corrected chi connectivity index (χ2v) is 8.74. The van der Waals surface area contributed by atoms with Crippen LogP contribution in [0.4, 0.5) is 10.8 Å². The Balaban J connectivity index is 1.55. The molecule has 0 saturated heterocycles. The molecule has 0 amide bonds. The standard InChI is InChI=1S/C19H17N3O6S2/c1-26-14-8-7-13-15(16(14)27-2)18(23)28-17(13)21-11-3-5-12(6-4-11)30(24,25)22-19-20-9-10-29-19/h3-10,17,21H,1-2H3,(H,20,22)/t17-/m1/s1. The maximum absolute atomic E-state index is 12.4. The Morgan fingerprint density at radius 3 is 2.50 bits per heavy atom. The van der Waals surface area contributed by atoms with Gasteiger partial charge < -0.3 is 19.5 Å². The number of benzene rings is 2. The van der Waals surface area contributed by atoms with Gasteiger partial charge in [-0.05, 0) is 36.4 Å². The highest BCUT2D eigenvalue weighted by atomic mass is 32.2. The Kier molecular flexibility index (Phi) is 5.22. The van der Waals surface area contributed by atoms with E-state index < -0.39 is 22.2 Å². The van der Waals surface area contributed by atoms with Gasteiger partial charge in [0.1, 0.15) is 5.56 Å². The number of nitrogens with one attached hydrogen (secondary N) is 2. The Morgan fingerprint density at radius 2 is 1.87 bits per heavy atom. The molecule has 0 radical (unpaired) electrons. The molecule has 0 saturated carbocycles. The van der Waals surface area contributed by atoms with Crippen LogP contribution in [0.1, 0.15) is 22.1 Å². The van der Waals surface area contributed by atoms with Crippen LogP contribution in [0.25, 0.3) is 0 Å². The quantitative estimate of drug-likeness (QED) is 0.531. The minimum atomic E-state index is -3.75. The Bertz CT molecular complexity index is 1180. The van der Waals surface area contributed by atoms with Gasteiger partial charge >= 0.3 is 5.97 Å². The van der Waals surface area contributed by atoms with E-state index in [2.05, 4.69) is 15.0 Å². The van der Waals surface area contributed by atoms with Crippen molar-refractivity contribution >= 4 is 38.1 Å². The smallest absolute Gasteiger partial charge is 0.344 e. The molecule has 0 unspecified atom stereocenters. The fourth-order valence-electron chi connectivity index (χ4n) is 3.04. The number of thiazole rings is 1. The average molecular weight is 447 g/mol. The average Bonchev–Trinajstić information content (AvgIpc) is 3.35. The molecule has 1 aliphatic heterocycles. The van der Waals surface area contributed by atoms with E-state index in [1.807, 2.05) is 0 Å². The van der Waals surface area contributed by atoms with Crippen molar-refractivity contribution < 1.29 is 27.4 Å². The number of hydrogen-bond donors (Lipinski definition) is 2. The second-order valence-electron chi connectivity index (χ2n) is 6.16. The van der Waals surface area contributed by atoms with E-state index in [-0.39, 0.29) is 10.0 Å². The topological polar surface area (TPSA) is 116 Å². The lowest BCUT2D eigenvalue weighted by Gasteiger charge is -2.15. The number of ether oxygens (including phenoxy) is 3. The summed E-state index contributed by atoms with van der Waals surface area (Å²) in [7, 11) is -0.812. The van der Waals surface area contributed by atoms with Crippen molar-refractivity contribution in [2.45, 2.75) is 11.1 Å². The van der Waals surface area contributed by atoms with E-state index in [0.29, 0.717) is 28.3 Å². The van der Waals surface area contributed by atoms with Crippen LogP contribution in [0.3, 0.4) is 0 Å². The lowest BCUT2D eigenvalue weighted by molar-refractivity contribution is 0.0435. The van der Waals surface area contributed by atoms with Gasteiger partial charge in [0.15, 0.2) is 16.6 Å². The summed E-state index contributed by atoms with van der Waals surface area (Å²) in [6.07, 6.45) is 0.768. The number of sulfonamides is 1. The van der Waals surface area contributed by atoms with Crippen LogP contribution in [0.5, 0.6) is 11.5 Å². The van der Waals surface area contributed by atoms with E-state index in [1.165, 1.54) is 43.9 Å². The summed E-state index contributed by atoms with van der Waals surface area (Å²) in [6.45, 7) is 0. The van der Waals surface area contributed by atoms with Crippen molar-refractivity contribution in [2.75, 3.05) is 24.3 Å². The SMILES string of the molecule is COc1ccc2c(c1OC)C(=O)O[C@H]2Nc1ccc(S(=O)(=O)Nc2nccs2)cc1. The molecule has 0 aliphatic carbocycles. The monoisotopic (exact) mass is 447 g/mol. The molecule has 2 N–H and O–H groups in total. The molecule has 0 spiro atoms. The highest BCUT2D eigenvalue weighted by molar-refractivity contribution is 7.93. The molecular weight excluding hydrogens is 430 g/mol. The van der Waals surface area contributed by atoms with Crippen LogP contribution in [0.15, 0.2) is 52.9 Å². The van der Waals surface area contributed by atoms with E-state index in [9.17, 15) is 13.2 Å². The zero-order chi connectivity index (χ0) is 21.3. The Morgan fingerprint density at radius 1 is 1.10 bits per heavy atom. The molecule has 9 nitrogen and oxygen atoms in total.